The highest BCUT2D eigenvalue weighted by molar-refractivity contribution is 7.92. The van der Waals surface area contributed by atoms with Gasteiger partial charge in [0, 0.05) is 31.1 Å². The third kappa shape index (κ3) is 7.71. The highest BCUT2D eigenvalue weighted by atomic mass is 35.5. The summed E-state index contributed by atoms with van der Waals surface area (Å²) in [5.74, 6) is -1.07. The number of benzene rings is 2. The molecule has 2 aromatic carbocycles. The fraction of sp³-hybridized carbons (Fsp3) is 0.391. The van der Waals surface area contributed by atoms with Crippen molar-refractivity contribution >= 4 is 39.1 Å². The van der Waals surface area contributed by atoms with E-state index in [0.717, 1.165) is 10.6 Å². The molecule has 0 bridgehead atoms. The van der Waals surface area contributed by atoms with E-state index in [0.29, 0.717) is 22.8 Å². The van der Waals surface area contributed by atoms with Crippen LogP contribution in [-0.4, -0.2) is 50.5 Å². The molecule has 0 aromatic heterocycles. The SMILES string of the molecule is CCNC(=O)[C@@H](C)N(Cc1ccccc1Cl)C(=O)CCCN(c1ccc(F)cc1)S(C)(=O)=O. The number of anilines is 1. The number of nitrogens with one attached hydrogen (secondary N) is 1. The van der Waals surface area contributed by atoms with E-state index in [1.54, 1.807) is 38.1 Å². The lowest BCUT2D eigenvalue weighted by Gasteiger charge is -2.29. The summed E-state index contributed by atoms with van der Waals surface area (Å²) in [6, 6.07) is 11.4. The minimum Gasteiger partial charge on any atom is -0.355 e. The average Bonchev–Trinajstić information content (AvgIpc) is 2.75. The Bertz CT molecular complexity index is 1060. The van der Waals surface area contributed by atoms with Gasteiger partial charge in [-0.2, -0.15) is 0 Å². The molecule has 1 atom stereocenters. The molecular weight excluding hydrogens is 469 g/mol. The molecule has 0 unspecified atom stereocenters. The molecule has 0 aliphatic carbocycles. The molecule has 2 rings (SSSR count). The molecule has 1 N–H and O–H groups in total. The first-order valence-corrected chi connectivity index (χ1v) is 12.8. The van der Waals surface area contributed by atoms with E-state index in [4.69, 9.17) is 11.6 Å². The Labute approximate surface area is 199 Å². The molecule has 0 aliphatic rings. The minimum absolute atomic E-state index is 0.0153. The number of hydrogen-bond donors (Lipinski definition) is 1. The van der Waals surface area contributed by atoms with Gasteiger partial charge in [0.1, 0.15) is 11.9 Å². The Hall–Kier alpha value is -2.65. The zero-order valence-corrected chi connectivity index (χ0v) is 20.5. The predicted molar refractivity (Wildman–Crippen MR) is 128 cm³/mol. The van der Waals surface area contributed by atoms with Crippen molar-refractivity contribution in [3.63, 3.8) is 0 Å². The van der Waals surface area contributed by atoms with Crippen molar-refractivity contribution in [3.05, 3.63) is 64.9 Å². The van der Waals surface area contributed by atoms with Gasteiger partial charge in [0.25, 0.3) is 0 Å². The maximum absolute atomic E-state index is 13.2. The first-order valence-electron chi connectivity index (χ1n) is 10.6. The number of nitrogens with zero attached hydrogens (tertiary/aromatic N) is 2. The van der Waals surface area contributed by atoms with Crippen LogP contribution in [0.2, 0.25) is 5.02 Å². The summed E-state index contributed by atoms with van der Waals surface area (Å²) in [6.45, 7) is 4.04. The van der Waals surface area contributed by atoms with Crippen molar-refractivity contribution in [3.8, 4) is 0 Å². The standard InChI is InChI=1S/C23H29ClFN3O4S/c1-4-26-23(30)17(2)27(16-18-8-5-6-9-21(18)24)22(29)10-7-15-28(33(3,31)32)20-13-11-19(25)12-14-20/h5-6,8-9,11-14,17H,4,7,10,15-16H2,1-3H3,(H,26,30)/t17-/m1/s1. The molecule has 2 aromatic rings. The quantitative estimate of drug-likeness (QED) is 0.514. The number of halogens is 2. The van der Waals surface area contributed by atoms with Gasteiger partial charge in [0.15, 0.2) is 0 Å². The molecule has 0 heterocycles. The Morgan fingerprint density at radius 2 is 1.76 bits per heavy atom. The Morgan fingerprint density at radius 3 is 2.33 bits per heavy atom. The van der Waals surface area contributed by atoms with E-state index >= 15 is 0 Å². The second-order valence-corrected chi connectivity index (χ2v) is 9.91. The predicted octanol–water partition coefficient (Wildman–Crippen LogP) is 3.58. The second-order valence-electron chi connectivity index (χ2n) is 7.60. The van der Waals surface area contributed by atoms with E-state index in [9.17, 15) is 22.4 Å². The van der Waals surface area contributed by atoms with Crippen LogP contribution in [0, 0.1) is 5.82 Å². The first kappa shape index (κ1) is 26.6. The number of amides is 2. The first-order chi connectivity index (χ1) is 15.5. The van der Waals surface area contributed by atoms with Crippen LogP contribution < -0.4 is 9.62 Å². The molecular formula is C23H29ClFN3O4S. The normalized spacial score (nSPS) is 12.2. The van der Waals surface area contributed by atoms with Crippen LogP contribution in [0.5, 0.6) is 0 Å². The summed E-state index contributed by atoms with van der Waals surface area (Å²) in [4.78, 5) is 27.0. The Balaban J connectivity index is 2.15. The van der Waals surface area contributed by atoms with Gasteiger partial charge < -0.3 is 10.2 Å². The van der Waals surface area contributed by atoms with Gasteiger partial charge in [-0.15, -0.1) is 0 Å². The van der Waals surface area contributed by atoms with E-state index in [2.05, 4.69) is 5.32 Å². The highest BCUT2D eigenvalue weighted by Gasteiger charge is 2.26. The van der Waals surface area contributed by atoms with Crippen LogP contribution in [0.4, 0.5) is 10.1 Å². The lowest BCUT2D eigenvalue weighted by molar-refractivity contribution is -0.140. The van der Waals surface area contributed by atoms with Crippen molar-refractivity contribution < 1.29 is 22.4 Å². The zero-order valence-electron chi connectivity index (χ0n) is 18.9. The van der Waals surface area contributed by atoms with Crippen LogP contribution >= 0.6 is 11.6 Å². The van der Waals surface area contributed by atoms with Crippen molar-refractivity contribution in [1.29, 1.82) is 0 Å². The highest BCUT2D eigenvalue weighted by Crippen LogP contribution is 2.21. The molecule has 0 saturated carbocycles. The van der Waals surface area contributed by atoms with E-state index in [-0.39, 0.29) is 37.7 Å². The summed E-state index contributed by atoms with van der Waals surface area (Å²) >= 11 is 6.25. The van der Waals surface area contributed by atoms with E-state index in [1.807, 2.05) is 0 Å². The maximum atomic E-state index is 13.2. The number of rotatable bonds is 11. The van der Waals surface area contributed by atoms with Gasteiger partial charge in [0.2, 0.25) is 21.8 Å². The van der Waals surface area contributed by atoms with Crippen molar-refractivity contribution in [2.45, 2.75) is 39.3 Å². The molecule has 0 fully saturated rings. The number of carbonyl (C=O) groups is 2. The van der Waals surface area contributed by atoms with Crippen molar-refractivity contribution in [2.75, 3.05) is 23.7 Å². The number of likely N-dealkylation sites (N-methyl/N-ethyl adjacent to an activating group) is 1. The van der Waals surface area contributed by atoms with Crippen LogP contribution in [0.1, 0.15) is 32.3 Å². The lowest BCUT2D eigenvalue weighted by Crippen LogP contribution is -2.47. The van der Waals surface area contributed by atoms with Gasteiger partial charge in [-0.05, 0) is 56.2 Å². The number of carbonyl (C=O) groups excluding carboxylic acids is 2. The van der Waals surface area contributed by atoms with Crippen LogP contribution in [-0.2, 0) is 26.2 Å². The van der Waals surface area contributed by atoms with Crippen LogP contribution in [0.25, 0.3) is 0 Å². The van der Waals surface area contributed by atoms with Gasteiger partial charge in [-0.3, -0.25) is 13.9 Å². The van der Waals surface area contributed by atoms with E-state index < -0.39 is 21.9 Å². The van der Waals surface area contributed by atoms with Gasteiger partial charge in [-0.1, -0.05) is 29.8 Å². The summed E-state index contributed by atoms with van der Waals surface area (Å²) in [7, 11) is -3.64. The van der Waals surface area contributed by atoms with Gasteiger partial charge in [-0.25, -0.2) is 12.8 Å². The molecule has 0 aliphatic heterocycles. The van der Waals surface area contributed by atoms with Crippen LogP contribution in [0.3, 0.4) is 0 Å². The summed E-state index contributed by atoms with van der Waals surface area (Å²) in [6.07, 6.45) is 1.28. The summed E-state index contributed by atoms with van der Waals surface area (Å²) in [5, 5.41) is 3.20. The molecule has 180 valence electrons. The Morgan fingerprint density at radius 1 is 1.12 bits per heavy atom. The van der Waals surface area contributed by atoms with E-state index in [1.165, 1.54) is 29.2 Å². The molecule has 0 radical (unpaired) electrons. The largest absolute Gasteiger partial charge is 0.355 e. The topological polar surface area (TPSA) is 86.8 Å². The maximum Gasteiger partial charge on any atom is 0.242 e. The van der Waals surface area contributed by atoms with Crippen LogP contribution in [0.15, 0.2) is 48.5 Å². The zero-order chi connectivity index (χ0) is 24.6. The Kier molecular flexibility index (Phi) is 9.67. The fourth-order valence-corrected chi connectivity index (χ4v) is 4.49. The summed E-state index contributed by atoms with van der Waals surface area (Å²) in [5.41, 5.74) is 1.02. The molecule has 2 amide bonds. The molecule has 10 heteroatoms. The smallest absolute Gasteiger partial charge is 0.242 e. The lowest BCUT2D eigenvalue weighted by atomic mass is 10.1. The molecule has 0 saturated heterocycles. The fourth-order valence-electron chi connectivity index (χ4n) is 3.33. The minimum atomic E-state index is -3.64. The molecule has 33 heavy (non-hydrogen) atoms. The van der Waals surface area contributed by atoms with Crippen molar-refractivity contribution in [2.24, 2.45) is 0 Å². The number of hydrogen-bond acceptors (Lipinski definition) is 4. The third-order valence-electron chi connectivity index (χ3n) is 5.08. The molecule has 0 spiro atoms. The molecule has 7 nitrogen and oxygen atoms in total. The third-order valence-corrected chi connectivity index (χ3v) is 6.65. The van der Waals surface area contributed by atoms with Gasteiger partial charge in [0.05, 0.1) is 11.9 Å². The second kappa shape index (κ2) is 12.0. The van der Waals surface area contributed by atoms with Gasteiger partial charge >= 0.3 is 0 Å². The monoisotopic (exact) mass is 497 g/mol. The summed E-state index contributed by atoms with van der Waals surface area (Å²) < 4.78 is 38.9. The number of sulfonamides is 1. The average molecular weight is 498 g/mol. The van der Waals surface area contributed by atoms with Crippen molar-refractivity contribution in [1.82, 2.24) is 10.2 Å².